The van der Waals surface area contributed by atoms with Crippen molar-refractivity contribution in [3.8, 4) is 0 Å². The van der Waals surface area contributed by atoms with Crippen LogP contribution in [0.25, 0.3) is 0 Å². The Kier molecular flexibility index (Phi) is 1.51. The Bertz CT molecular complexity index is 149. The summed E-state index contributed by atoms with van der Waals surface area (Å²) in [5.74, 6) is 0.792. The van der Waals surface area contributed by atoms with Crippen LogP contribution in [0.1, 0.15) is 12.7 Å². The van der Waals surface area contributed by atoms with Crippen LogP contribution in [0.5, 0.6) is 0 Å². The quantitative estimate of drug-likeness (QED) is 0.517. The van der Waals surface area contributed by atoms with Gasteiger partial charge < -0.3 is 0 Å². The molecular formula is C5H6N3. The van der Waals surface area contributed by atoms with Gasteiger partial charge in [0, 0.05) is 6.42 Å². The minimum absolute atomic E-state index is 0.792. The molecule has 0 aliphatic rings. The zero-order valence-electron chi connectivity index (χ0n) is 4.63. The van der Waals surface area contributed by atoms with Gasteiger partial charge in [0.2, 0.25) is 6.33 Å². The molecule has 41 valence electrons. The van der Waals surface area contributed by atoms with E-state index in [1.165, 1.54) is 6.33 Å². The fraction of sp³-hybridized carbons (Fsp3) is 0.400. The molecular weight excluding hydrogens is 102 g/mol. The fourth-order valence-corrected chi connectivity index (χ4v) is 0.407. The lowest BCUT2D eigenvalue weighted by Gasteiger charge is -1.86. The molecule has 0 amide bonds. The third-order valence-electron chi connectivity index (χ3n) is 0.818. The van der Waals surface area contributed by atoms with E-state index in [1.807, 2.05) is 6.92 Å². The normalized spacial score (nSPS) is 9.12. The molecule has 1 radical (unpaired) electrons. The Morgan fingerprint density at radius 1 is 1.75 bits per heavy atom. The minimum atomic E-state index is 0.792. The van der Waals surface area contributed by atoms with Crippen molar-refractivity contribution in [1.29, 1.82) is 0 Å². The van der Waals surface area contributed by atoms with Crippen molar-refractivity contribution >= 4 is 0 Å². The fourth-order valence-electron chi connectivity index (χ4n) is 0.407. The van der Waals surface area contributed by atoms with Crippen molar-refractivity contribution < 1.29 is 0 Å². The molecule has 0 atom stereocenters. The summed E-state index contributed by atoms with van der Waals surface area (Å²) in [6.45, 7) is 1.99. The van der Waals surface area contributed by atoms with E-state index in [4.69, 9.17) is 0 Å². The molecule has 0 saturated carbocycles. The summed E-state index contributed by atoms with van der Waals surface area (Å²) in [6.07, 6.45) is 4.75. The minimum Gasteiger partial charge on any atom is -0.221 e. The number of hydrogen-bond donors (Lipinski definition) is 0. The lowest BCUT2D eigenvalue weighted by atomic mass is 10.5. The van der Waals surface area contributed by atoms with E-state index >= 15 is 0 Å². The monoisotopic (exact) mass is 108 g/mol. The zero-order valence-corrected chi connectivity index (χ0v) is 4.63. The molecule has 0 aliphatic heterocycles. The first kappa shape index (κ1) is 5.15. The van der Waals surface area contributed by atoms with Crippen molar-refractivity contribution in [2.24, 2.45) is 0 Å². The van der Waals surface area contributed by atoms with Crippen LogP contribution in [0.15, 0.2) is 6.33 Å². The molecule has 1 aromatic rings. The second kappa shape index (κ2) is 2.35. The number of hydrogen-bond acceptors (Lipinski definition) is 3. The molecule has 1 heterocycles. The third-order valence-corrected chi connectivity index (χ3v) is 0.818. The van der Waals surface area contributed by atoms with E-state index < -0.39 is 0 Å². The van der Waals surface area contributed by atoms with E-state index in [9.17, 15) is 0 Å². The highest BCUT2D eigenvalue weighted by Gasteiger charge is 1.85. The highest BCUT2D eigenvalue weighted by Crippen LogP contribution is 1.82. The Morgan fingerprint density at radius 2 is 2.62 bits per heavy atom. The summed E-state index contributed by atoms with van der Waals surface area (Å²) in [7, 11) is 0. The van der Waals surface area contributed by atoms with Gasteiger partial charge in [0.25, 0.3) is 0 Å². The molecule has 0 N–H and O–H groups in total. The highest BCUT2D eigenvalue weighted by molar-refractivity contribution is 4.77. The highest BCUT2D eigenvalue weighted by atomic mass is 15.0. The van der Waals surface area contributed by atoms with Gasteiger partial charge in [-0.3, -0.25) is 0 Å². The molecule has 0 aliphatic carbocycles. The van der Waals surface area contributed by atoms with Gasteiger partial charge in [-0.05, 0) is 0 Å². The van der Waals surface area contributed by atoms with Crippen molar-refractivity contribution in [2.45, 2.75) is 13.3 Å². The van der Waals surface area contributed by atoms with Crippen molar-refractivity contribution in [3.05, 3.63) is 18.5 Å². The smallest absolute Gasteiger partial charge is 0.201 e. The first-order valence-electron chi connectivity index (χ1n) is 2.47. The Hall–Kier alpha value is -0.990. The van der Waals surface area contributed by atoms with Crippen LogP contribution in [0.2, 0.25) is 0 Å². The van der Waals surface area contributed by atoms with Gasteiger partial charge >= 0.3 is 0 Å². The molecule has 0 bridgehead atoms. The van der Waals surface area contributed by atoms with E-state index in [0.29, 0.717) is 0 Å². The maximum Gasteiger partial charge on any atom is 0.201 e. The number of aryl methyl sites for hydroxylation is 1. The number of aromatic nitrogens is 3. The topological polar surface area (TPSA) is 38.7 Å². The van der Waals surface area contributed by atoms with Crippen molar-refractivity contribution in [2.75, 3.05) is 0 Å². The van der Waals surface area contributed by atoms with E-state index in [0.717, 1.165) is 12.2 Å². The van der Waals surface area contributed by atoms with Gasteiger partial charge in [-0.1, -0.05) is 6.92 Å². The number of nitrogens with zero attached hydrogens (tertiary/aromatic N) is 3. The first-order valence-corrected chi connectivity index (χ1v) is 2.47. The summed E-state index contributed by atoms with van der Waals surface area (Å²) >= 11 is 0. The second-order valence-corrected chi connectivity index (χ2v) is 1.36. The Morgan fingerprint density at radius 3 is 3.00 bits per heavy atom. The van der Waals surface area contributed by atoms with Crippen LogP contribution < -0.4 is 0 Å². The van der Waals surface area contributed by atoms with Gasteiger partial charge in [-0.2, -0.15) is 0 Å². The molecule has 1 rings (SSSR count). The molecule has 0 unspecified atom stereocenters. The van der Waals surface area contributed by atoms with Crippen LogP contribution in [0.4, 0.5) is 0 Å². The Balaban J connectivity index is 2.83. The van der Waals surface area contributed by atoms with Gasteiger partial charge in [0.05, 0.1) is 0 Å². The van der Waals surface area contributed by atoms with Crippen LogP contribution in [0, 0.1) is 6.33 Å². The summed E-state index contributed by atoms with van der Waals surface area (Å²) in [5.41, 5.74) is 0. The predicted molar refractivity (Wildman–Crippen MR) is 28.0 cm³/mol. The molecule has 1 aromatic heterocycles. The summed E-state index contributed by atoms with van der Waals surface area (Å²) in [6, 6.07) is 0. The third kappa shape index (κ3) is 0.992. The molecule has 3 nitrogen and oxygen atoms in total. The molecule has 8 heavy (non-hydrogen) atoms. The van der Waals surface area contributed by atoms with Crippen molar-refractivity contribution in [3.63, 3.8) is 0 Å². The van der Waals surface area contributed by atoms with Gasteiger partial charge in [-0.25, -0.2) is 15.0 Å². The van der Waals surface area contributed by atoms with E-state index in [-0.39, 0.29) is 0 Å². The molecule has 0 saturated heterocycles. The van der Waals surface area contributed by atoms with Crippen molar-refractivity contribution in [1.82, 2.24) is 15.0 Å². The molecule has 3 heteroatoms. The SMILES string of the molecule is CCc1n[c]ncn1. The average molecular weight is 108 g/mol. The first-order chi connectivity index (χ1) is 3.93. The van der Waals surface area contributed by atoms with Crippen LogP contribution in [0.3, 0.4) is 0 Å². The van der Waals surface area contributed by atoms with Gasteiger partial charge in [-0.15, -0.1) is 0 Å². The standard InChI is InChI=1S/C5H6N3/c1-2-5-7-3-6-4-8-5/h3H,2H2,1H3. The lowest BCUT2D eigenvalue weighted by molar-refractivity contribution is 0.890. The average Bonchev–Trinajstić information content (AvgIpc) is 1.90. The molecule has 0 fully saturated rings. The maximum absolute atomic E-state index is 3.84. The van der Waals surface area contributed by atoms with E-state index in [2.05, 4.69) is 21.3 Å². The molecule has 0 spiro atoms. The summed E-state index contributed by atoms with van der Waals surface area (Å²) < 4.78 is 0. The van der Waals surface area contributed by atoms with Crippen LogP contribution >= 0.6 is 0 Å². The van der Waals surface area contributed by atoms with E-state index in [1.54, 1.807) is 0 Å². The zero-order chi connectivity index (χ0) is 5.82. The maximum atomic E-state index is 3.84. The van der Waals surface area contributed by atoms with Crippen LogP contribution in [-0.4, -0.2) is 15.0 Å². The van der Waals surface area contributed by atoms with Gasteiger partial charge in [0.1, 0.15) is 12.2 Å². The summed E-state index contributed by atoms with van der Waals surface area (Å²) in [5, 5.41) is 0. The summed E-state index contributed by atoms with van der Waals surface area (Å²) in [4.78, 5) is 11.1. The predicted octanol–water partition coefficient (Wildman–Crippen LogP) is 0.234. The largest absolute Gasteiger partial charge is 0.221 e. The number of rotatable bonds is 1. The Labute approximate surface area is 47.8 Å². The van der Waals surface area contributed by atoms with Crippen LogP contribution in [-0.2, 0) is 6.42 Å². The molecule has 0 aromatic carbocycles. The van der Waals surface area contributed by atoms with Gasteiger partial charge in [0.15, 0.2) is 0 Å². The second-order valence-electron chi connectivity index (χ2n) is 1.36. The lowest BCUT2D eigenvalue weighted by Crippen LogP contribution is -1.90.